The Morgan fingerprint density at radius 1 is 1.47 bits per heavy atom. The average molecular weight is 233 g/mol. The molecule has 0 aromatic carbocycles. The minimum absolute atomic E-state index is 0.0999. The lowest BCUT2D eigenvalue weighted by Gasteiger charge is -2.10. The SMILES string of the molecule is CN(C)C(=O)CCNc1ccn2nccc2n1. The Hall–Kier alpha value is -2.11. The molecule has 90 valence electrons. The van der Waals surface area contributed by atoms with E-state index in [1.54, 1.807) is 29.7 Å². The molecule has 0 spiro atoms. The van der Waals surface area contributed by atoms with Gasteiger partial charge in [-0.2, -0.15) is 5.10 Å². The van der Waals surface area contributed by atoms with Crippen LogP contribution in [0.1, 0.15) is 6.42 Å². The van der Waals surface area contributed by atoms with Gasteiger partial charge in [0.1, 0.15) is 5.82 Å². The highest BCUT2D eigenvalue weighted by Gasteiger charge is 2.03. The van der Waals surface area contributed by atoms with Gasteiger partial charge in [0.15, 0.2) is 5.65 Å². The van der Waals surface area contributed by atoms with Gasteiger partial charge in [-0.15, -0.1) is 0 Å². The fourth-order valence-corrected chi connectivity index (χ4v) is 1.43. The molecule has 6 heteroatoms. The molecular formula is C11H15N5O. The molecule has 0 radical (unpaired) electrons. The Labute approximate surface area is 99.3 Å². The van der Waals surface area contributed by atoms with Crippen molar-refractivity contribution >= 4 is 17.4 Å². The second-order valence-electron chi connectivity index (χ2n) is 3.91. The van der Waals surface area contributed by atoms with Gasteiger partial charge in [-0.3, -0.25) is 4.79 Å². The van der Waals surface area contributed by atoms with E-state index in [-0.39, 0.29) is 5.91 Å². The van der Waals surface area contributed by atoms with Crippen molar-refractivity contribution in [2.45, 2.75) is 6.42 Å². The largest absolute Gasteiger partial charge is 0.369 e. The highest BCUT2D eigenvalue weighted by atomic mass is 16.2. The van der Waals surface area contributed by atoms with Crippen molar-refractivity contribution in [3.63, 3.8) is 0 Å². The first kappa shape index (κ1) is 11.4. The number of hydrogen-bond acceptors (Lipinski definition) is 4. The van der Waals surface area contributed by atoms with E-state index in [1.807, 2.05) is 18.3 Å². The molecule has 1 N–H and O–H groups in total. The van der Waals surface area contributed by atoms with E-state index in [0.29, 0.717) is 13.0 Å². The zero-order valence-electron chi connectivity index (χ0n) is 9.92. The van der Waals surface area contributed by atoms with Crippen LogP contribution in [0.15, 0.2) is 24.5 Å². The topological polar surface area (TPSA) is 62.5 Å². The van der Waals surface area contributed by atoms with E-state index in [4.69, 9.17) is 0 Å². The summed E-state index contributed by atoms with van der Waals surface area (Å²) < 4.78 is 1.69. The number of carbonyl (C=O) groups excluding carboxylic acids is 1. The average Bonchev–Trinajstić information content (AvgIpc) is 2.75. The van der Waals surface area contributed by atoms with Crippen LogP contribution in [0.2, 0.25) is 0 Å². The van der Waals surface area contributed by atoms with Gasteiger partial charge in [0.05, 0.1) is 6.20 Å². The van der Waals surface area contributed by atoms with Crippen LogP contribution in [0.3, 0.4) is 0 Å². The summed E-state index contributed by atoms with van der Waals surface area (Å²) in [4.78, 5) is 17.3. The molecule has 6 nitrogen and oxygen atoms in total. The summed E-state index contributed by atoms with van der Waals surface area (Å²) in [6, 6.07) is 3.66. The minimum atomic E-state index is 0.0999. The molecule has 0 saturated carbocycles. The summed E-state index contributed by atoms with van der Waals surface area (Å²) in [5, 5.41) is 7.17. The molecule has 17 heavy (non-hydrogen) atoms. The van der Waals surface area contributed by atoms with Crippen molar-refractivity contribution in [2.75, 3.05) is 26.0 Å². The van der Waals surface area contributed by atoms with Crippen molar-refractivity contribution in [3.05, 3.63) is 24.5 Å². The van der Waals surface area contributed by atoms with Gasteiger partial charge in [0.2, 0.25) is 5.91 Å². The van der Waals surface area contributed by atoms with E-state index in [2.05, 4.69) is 15.4 Å². The number of anilines is 1. The zero-order chi connectivity index (χ0) is 12.3. The van der Waals surface area contributed by atoms with Gasteiger partial charge in [0, 0.05) is 39.3 Å². The number of nitrogens with zero attached hydrogens (tertiary/aromatic N) is 4. The third-order valence-electron chi connectivity index (χ3n) is 2.40. The third kappa shape index (κ3) is 2.72. The molecule has 2 aromatic rings. The zero-order valence-corrected chi connectivity index (χ0v) is 9.92. The number of carbonyl (C=O) groups is 1. The highest BCUT2D eigenvalue weighted by Crippen LogP contribution is 2.05. The van der Waals surface area contributed by atoms with Gasteiger partial charge in [0.25, 0.3) is 0 Å². The lowest BCUT2D eigenvalue weighted by Crippen LogP contribution is -2.24. The number of fused-ring (bicyclic) bond motifs is 1. The van der Waals surface area contributed by atoms with Gasteiger partial charge in [-0.05, 0) is 6.07 Å². The van der Waals surface area contributed by atoms with Gasteiger partial charge in [-0.25, -0.2) is 9.50 Å². The lowest BCUT2D eigenvalue weighted by molar-refractivity contribution is -0.128. The van der Waals surface area contributed by atoms with E-state index in [0.717, 1.165) is 11.5 Å². The maximum Gasteiger partial charge on any atom is 0.223 e. The van der Waals surface area contributed by atoms with Gasteiger partial charge in [-0.1, -0.05) is 0 Å². The Bertz CT molecular complexity index is 519. The Morgan fingerprint density at radius 2 is 2.29 bits per heavy atom. The fraction of sp³-hybridized carbons (Fsp3) is 0.364. The molecule has 0 saturated heterocycles. The van der Waals surface area contributed by atoms with Crippen LogP contribution in [-0.2, 0) is 4.79 Å². The lowest BCUT2D eigenvalue weighted by atomic mass is 10.4. The predicted octanol–water partition coefficient (Wildman–Crippen LogP) is 0.619. The molecule has 0 fully saturated rings. The second-order valence-corrected chi connectivity index (χ2v) is 3.91. The molecule has 0 aliphatic rings. The van der Waals surface area contributed by atoms with Crippen LogP contribution in [0.5, 0.6) is 0 Å². The Kier molecular flexibility index (Phi) is 3.22. The standard InChI is InChI=1S/C11H15N5O/c1-15(2)11(17)4-6-12-9-5-8-16-10(14-9)3-7-13-16/h3,5,7-8H,4,6H2,1-2H3,(H,12,14). The molecular weight excluding hydrogens is 218 g/mol. The van der Waals surface area contributed by atoms with Crippen LogP contribution in [-0.4, -0.2) is 46.0 Å². The molecule has 2 rings (SSSR count). The number of hydrogen-bond donors (Lipinski definition) is 1. The summed E-state index contributed by atoms with van der Waals surface area (Å²) >= 11 is 0. The molecule has 1 amide bonds. The summed E-state index contributed by atoms with van der Waals surface area (Å²) in [7, 11) is 3.50. The quantitative estimate of drug-likeness (QED) is 0.841. The number of rotatable bonds is 4. The van der Waals surface area contributed by atoms with E-state index >= 15 is 0 Å². The van der Waals surface area contributed by atoms with E-state index < -0.39 is 0 Å². The summed E-state index contributed by atoms with van der Waals surface area (Å²) in [6.07, 6.45) is 3.99. The van der Waals surface area contributed by atoms with Crippen LogP contribution in [0.4, 0.5) is 5.82 Å². The Balaban J connectivity index is 1.92. The van der Waals surface area contributed by atoms with Crippen molar-refractivity contribution in [3.8, 4) is 0 Å². The normalized spacial score (nSPS) is 10.5. The Morgan fingerprint density at radius 3 is 3.06 bits per heavy atom. The van der Waals surface area contributed by atoms with Crippen LogP contribution >= 0.6 is 0 Å². The van der Waals surface area contributed by atoms with Crippen molar-refractivity contribution in [2.24, 2.45) is 0 Å². The van der Waals surface area contributed by atoms with Gasteiger partial charge < -0.3 is 10.2 Å². The summed E-state index contributed by atoms with van der Waals surface area (Å²) in [5.41, 5.74) is 0.786. The fourth-order valence-electron chi connectivity index (χ4n) is 1.43. The number of amides is 1. The van der Waals surface area contributed by atoms with Crippen molar-refractivity contribution in [1.29, 1.82) is 0 Å². The molecule has 2 aromatic heterocycles. The maximum atomic E-state index is 11.4. The molecule has 0 atom stereocenters. The molecule has 0 unspecified atom stereocenters. The van der Waals surface area contributed by atoms with Crippen molar-refractivity contribution in [1.82, 2.24) is 19.5 Å². The summed E-state index contributed by atoms with van der Waals surface area (Å²) in [6.45, 7) is 0.578. The first-order valence-corrected chi connectivity index (χ1v) is 5.41. The maximum absolute atomic E-state index is 11.4. The van der Waals surface area contributed by atoms with Crippen LogP contribution in [0, 0.1) is 0 Å². The van der Waals surface area contributed by atoms with E-state index in [9.17, 15) is 4.79 Å². The number of nitrogens with one attached hydrogen (secondary N) is 1. The predicted molar refractivity (Wildman–Crippen MR) is 64.8 cm³/mol. The highest BCUT2D eigenvalue weighted by molar-refractivity contribution is 5.76. The van der Waals surface area contributed by atoms with Crippen LogP contribution in [0.25, 0.3) is 5.65 Å². The second kappa shape index (κ2) is 4.82. The third-order valence-corrected chi connectivity index (χ3v) is 2.40. The molecule has 0 aliphatic carbocycles. The first-order chi connectivity index (χ1) is 8.16. The molecule has 0 bridgehead atoms. The summed E-state index contributed by atoms with van der Waals surface area (Å²) in [5.74, 6) is 0.854. The smallest absolute Gasteiger partial charge is 0.223 e. The number of aromatic nitrogens is 3. The first-order valence-electron chi connectivity index (χ1n) is 5.41. The van der Waals surface area contributed by atoms with Gasteiger partial charge >= 0.3 is 0 Å². The monoisotopic (exact) mass is 233 g/mol. The van der Waals surface area contributed by atoms with E-state index in [1.165, 1.54) is 0 Å². The minimum Gasteiger partial charge on any atom is -0.369 e. The molecule has 2 heterocycles. The molecule has 0 aliphatic heterocycles. The van der Waals surface area contributed by atoms with Crippen LogP contribution < -0.4 is 5.32 Å². The van der Waals surface area contributed by atoms with Crippen molar-refractivity contribution < 1.29 is 4.79 Å².